The smallest absolute Gasteiger partial charge is 0.338 e. The highest BCUT2D eigenvalue weighted by Gasteiger charge is 2.35. The number of nitrogens with one attached hydrogen (secondary N) is 1. The summed E-state index contributed by atoms with van der Waals surface area (Å²) in [5.74, 6) is -1.08. The van der Waals surface area contributed by atoms with Gasteiger partial charge < -0.3 is 15.0 Å². The van der Waals surface area contributed by atoms with Crippen molar-refractivity contribution in [1.82, 2.24) is 5.32 Å². The van der Waals surface area contributed by atoms with Crippen molar-refractivity contribution in [3.63, 3.8) is 0 Å². The Labute approximate surface area is 151 Å². The van der Waals surface area contributed by atoms with E-state index in [4.69, 9.17) is 4.74 Å². The minimum atomic E-state index is -0.834. The van der Waals surface area contributed by atoms with Gasteiger partial charge >= 0.3 is 5.97 Å². The number of hydrogen-bond donors (Lipinski definition) is 1. The number of nitrogens with zero attached hydrogens (tertiary/aromatic N) is 2. The lowest BCUT2D eigenvalue weighted by Crippen LogP contribution is -2.46. The zero-order chi connectivity index (χ0) is 18.6. The number of rotatable bonds is 5. The Morgan fingerprint density at radius 1 is 1.27 bits per heavy atom. The molecule has 0 aromatic heterocycles. The lowest BCUT2D eigenvalue weighted by molar-refractivity contribution is -0.125. The highest BCUT2D eigenvalue weighted by atomic mass is 16.5. The summed E-state index contributed by atoms with van der Waals surface area (Å²) in [6.45, 7) is 0.200. The Morgan fingerprint density at radius 3 is 2.69 bits per heavy atom. The average molecular weight is 355 g/mol. The largest absolute Gasteiger partial charge is 0.452 e. The lowest BCUT2D eigenvalue weighted by atomic mass is 10.00. The number of anilines is 1. The van der Waals surface area contributed by atoms with Crippen LogP contribution in [0, 0.1) is 11.3 Å². The highest BCUT2D eigenvalue weighted by molar-refractivity contribution is 5.97. The second kappa shape index (κ2) is 7.56. The minimum Gasteiger partial charge on any atom is -0.452 e. The van der Waals surface area contributed by atoms with E-state index in [0.29, 0.717) is 31.5 Å². The first-order valence-corrected chi connectivity index (χ1v) is 8.83. The van der Waals surface area contributed by atoms with E-state index >= 15 is 0 Å². The van der Waals surface area contributed by atoms with E-state index in [0.717, 1.165) is 19.3 Å². The second-order valence-corrected chi connectivity index (χ2v) is 6.72. The highest BCUT2D eigenvalue weighted by Crippen LogP contribution is 2.28. The van der Waals surface area contributed by atoms with E-state index in [-0.39, 0.29) is 11.5 Å². The molecule has 1 saturated heterocycles. The van der Waals surface area contributed by atoms with Crippen molar-refractivity contribution in [1.29, 1.82) is 5.26 Å². The standard InChI is InChI=1S/C19H21N3O4/c20-13-19(8-1-2-9-19)21-16(23)12-26-18(25)14-5-3-6-15(11-14)22-10-4-7-17(22)24/h3,5-6,11H,1-2,4,7-10,12H2,(H,21,23). The maximum absolute atomic E-state index is 12.2. The van der Waals surface area contributed by atoms with Crippen LogP contribution in [0.15, 0.2) is 24.3 Å². The summed E-state index contributed by atoms with van der Waals surface area (Å²) in [4.78, 5) is 37.7. The third-order valence-electron chi connectivity index (χ3n) is 4.85. The molecule has 1 aromatic carbocycles. The first-order valence-electron chi connectivity index (χ1n) is 8.83. The molecule has 0 spiro atoms. The molecule has 0 radical (unpaired) electrons. The van der Waals surface area contributed by atoms with Crippen molar-refractivity contribution in [2.24, 2.45) is 0 Å². The molecule has 26 heavy (non-hydrogen) atoms. The van der Waals surface area contributed by atoms with E-state index in [1.54, 1.807) is 29.2 Å². The maximum Gasteiger partial charge on any atom is 0.338 e. The molecule has 1 aliphatic carbocycles. The van der Waals surface area contributed by atoms with Gasteiger partial charge in [0.1, 0.15) is 5.54 Å². The molecule has 3 rings (SSSR count). The van der Waals surface area contributed by atoms with Gasteiger partial charge in [0.15, 0.2) is 6.61 Å². The first-order chi connectivity index (χ1) is 12.5. The van der Waals surface area contributed by atoms with Gasteiger partial charge in [-0.3, -0.25) is 9.59 Å². The summed E-state index contributed by atoms with van der Waals surface area (Å²) >= 11 is 0. The van der Waals surface area contributed by atoms with E-state index in [9.17, 15) is 19.6 Å². The summed E-state index contributed by atoms with van der Waals surface area (Å²) in [7, 11) is 0. The number of carbonyl (C=O) groups excluding carboxylic acids is 3. The van der Waals surface area contributed by atoms with Gasteiger partial charge in [0.2, 0.25) is 5.91 Å². The first kappa shape index (κ1) is 17.9. The Balaban J connectivity index is 1.57. The van der Waals surface area contributed by atoms with Crippen LogP contribution in [0.3, 0.4) is 0 Å². The molecule has 1 aliphatic heterocycles. The summed E-state index contributed by atoms with van der Waals surface area (Å²) in [6.07, 6.45) is 4.35. The monoisotopic (exact) mass is 355 g/mol. The number of hydrogen-bond acceptors (Lipinski definition) is 5. The zero-order valence-corrected chi connectivity index (χ0v) is 14.5. The van der Waals surface area contributed by atoms with Crippen LogP contribution in [0.1, 0.15) is 48.9 Å². The van der Waals surface area contributed by atoms with Crippen LogP contribution in [0.2, 0.25) is 0 Å². The molecule has 2 amide bonds. The number of benzene rings is 1. The van der Waals surface area contributed by atoms with Crippen LogP contribution in [-0.4, -0.2) is 36.5 Å². The van der Waals surface area contributed by atoms with Crippen LogP contribution in [-0.2, 0) is 14.3 Å². The van der Waals surface area contributed by atoms with Crippen molar-refractivity contribution in [2.45, 2.75) is 44.1 Å². The molecule has 1 aromatic rings. The summed E-state index contributed by atoms with van der Waals surface area (Å²) in [5, 5.41) is 12.0. The van der Waals surface area contributed by atoms with Gasteiger partial charge in [-0.2, -0.15) is 5.26 Å². The predicted molar refractivity (Wildman–Crippen MR) is 93.3 cm³/mol. The molecular formula is C19H21N3O4. The van der Waals surface area contributed by atoms with Crippen LogP contribution < -0.4 is 10.2 Å². The number of amides is 2. The molecule has 136 valence electrons. The fraction of sp³-hybridized carbons (Fsp3) is 0.474. The predicted octanol–water partition coefficient (Wildman–Crippen LogP) is 1.92. The Hall–Kier alpha value is -2.88. The summed E-state index contributed by atoms with van der Waals surface area (Å²) in [6, 6.07) is 8.79. The van der Waals surface area contributed by atoms with Crippen molar-refractivity contribution in [2.75, 3.05) is 18.1 Å². The molecule has 0 bridgehead atoms. The third-order valence-corrected chi connectivity index (χ3v) is 4.85. The summed E-state index contributed by atoms with van der Waals surface area (Å²) < 4.78 is 5.07. The third kappa shape index (κ3) is 3.85. The zero-order valence-electron chi connectivity index (χ0n) is 14.5. The number of carbonyl (C=O) groups is 3. The van der Waals surface area contributed by atoms with E-state index in [1.807, 2.05) is 0 Å². The molecule has 1 N–H and O–H groups in total. The van der Waals surface area contributed by atoms with Gasteiger partial charge in [-0.25, -0.2) is 4.79 Å². The van der Waals surface area contributed by atoms with Crippen LogP contribution in [0.4, 0.5) is 5.69 Å². The molecular weight excluding hydrogens is 334 g/mol. The summed E-state index contributed by atoms with van der Waals surface area (Å²) in [5.41, 5.74) is 0.103. The minimum absolute atomic E-state index is 0.0354. The van der Waals surface area contributed by atoms with E-state index in [2.05, 4.69) is 11.4 Å². The average Bonchev–Trinajstić information content (AvgIpc) is 3.29. The molecule has 0 atom stereocenters. The fourth-order valence-corrected chi connectivity index (χ4v) is 3.48. The molecule has 7 heteroatoms. The van der Waals surface area contributed by atoms with E-state index < -0.39 is 24.0 Å². The van der Waals surface area contributed by atoms with Crippen molar-refractivity contribution in [3.8, 4) is 6.07 Å². The Bertz CT molecular complexity index is 762. The fourth-order valence-electron chi connectivity index (χ4n) is 3.48. The molecule has 0 unspecified atom stereocenters. The maximum atomic E-state index is 12.2. The van der Waals surface area contributed by atoms with Gasteiger partial charge in [0, 0.05) is 18.7 Å². The van der Waals surface area contributed by atoms with Crippen LogP contribution >= 0.6 is 0 Å². The number of ether oxygens (including phenoxy) is 1. The van der Waals surface area contributed by atoms with Crippen molar-refractivity contribution >= 4 is 23.5 Å². The molecule has 7 nitrogen and oxygen atoms in total. The SMILES string of the molecule is N#CC1(NC(=O)COC(=O)c2cccc(N3CCCC3=O)c2)CCCC1. The van der Waals surface area contributed by atoms with E-state index in [1.165, 1.54) is 0 Å². The molecule has 1 heterocycles. The number of nitriles is 1. The lowest BCUT2D eigenvalue weighted by Gasteiger charge is -2.21. The molecule has 2 aliphatic rings. The van der Waals surface area contributed by atoms with Gasteiger partial charge in [-0.15, -0.1) is 0 Å². The Kier molecular flexibility index (Phi) is 5.21. The quantitative estimate of drug-likeness (QED) is 0.814. The van der Waals surface area contributed by atoms with Gasteiger partial charge in [0.05, 0.1) is 11.6 Å². The normalized spacial score (nSPS) is 18.4. The number of esters is 1. The van der Waals surface area contributed by atoms with Crippen molar-refractivity contribution < 1.29 is 19.1 Å². The van der Waals surface area contributed by atoms with Crippen LogP contribution in [0.25, 0.3) is 0 Å². The molecule has 2 fully saturated rings. The molecule has 1 saturated carbocycles. The second-order valence-electron chi connectivity index (χ2n) is 6.72. The van der Waals surface area contributed by atoms with Gasteiger partial charge in [0.25, 0.3) is 5.91 Å². The van der Waals surface area contributed by atoms with Gasteiger partial charge in [-0.1, -0.05) is 6.07 Å². The van der Waals surface area contributed by atoms with Crippen LogP contribution in [0.5, 0.6) is 0 Å². The Morgan fingerprint density at radius 2 is 2.04 bits per heavy atom. The topological polar surface area (TPSA) is 99.5 Å². The van der Waals surface area contributed by atoms with Gasteiger partial charge in [-0.05, 0) is 50.3 Å². The van der Waals surface area contributed by atoms with Crippen molar-refractivity contribution in [3.05, 3.63) is 29.8 Å².